The zero-order valence-corrected chi connectivity index (χ0v) is 20.2. The number of rotatable bonds is 2. The summed E-state index contributed by atoms with van der Waals surface area (Å²) in [6.07, 6.45) is 4.94. The average Bonchev–Trinajstić information content (AvgIpc) is 3.37. The molecule has 8 nitrogen and oxygen atoms in total. The Balaban J connectivity index is 1.38. The lowest BCUT2D eigenvalue weighted by Gasteiger charge is -2.33. The summed E-state index contributed by atoms with van der Waals surface area (Å²) in [7, 11) is 0. The van der Waals surface area contributed by atoms with Crippen LogP contribution in [0.5, 0.6) is 0 Å². The van der Waals surface area contributed by atoms with E-state index < -0.39 is 5.60 Å². The lowest BCUT2D eigenvalue weighted by Crippen LogP contribution is -2.42. The molecule has 0 atom stereocenters. The quantitative estimate of drug-likeness (QED) is 0.414. The second-order valence-corrected chi connectivity index (χ2v) is 10.0. The Kier molecular flexibility index (Phi) is 5.30. The maximum absolute atomic E-state index is 15.0. The molecular formula is C25H29FN6O2. The fraction of sp³-hybridized carbons (Fsp3) is 0.440. The molecule has 0 aliphatic carbocycles. The van der Waals surface area contributed by atoms with Crippen molar-refractivity contribution in [3.8, 4) is 11.3 Å². The number of amides is 1. The summed E-state index contributed by atoms with van der Waals surface area (Å²) in [4.78, 5) is 18.6. The van der Waals surface area contributed by atoms with Crippen LogP contribution in [0.4, 0.5) is 9.18 Å². The molecule has 0 spiro atoms. The molecule has 0 unspecified atom stereocenters. The molecule has 178 valence electrons. The van der Waals surface area contributed by atoms with E-state index in [4.69, 9.17) is 4.74 Å². The lowest BCUT2D eigenvalue weighted by atomic mass is 10.1. The summed E-state index contributed by atoms with van der Waals surface area (Å²) < 4.78 is 24.1. The topological polar surface area (TPSA) is 77.6 Å². The van der Waals surface area contributed by atoms with Crippen molar-refractivity contribution in [2.24, 2.45) is 0 Å². The van der Waals surface area contributed by atoms with E-state index in [2.05, 4.69) is 15.2 Å². The van der Waals surface area contributed by atoms with Crippen molar-refractivity contribution in [1.82, 2.24) is 29.3 Å². The summed E-state index contributed by atoms with van der Waals surface area (Å²) in [6.45, 7) is 10.6. The van der Waals surface area contributed by atoms with Gasteiger partial charge in [-0.15, -0.1) is 0 Å². The summed E-state index contributed by atoms with van der Waals surface area (Å²) in [6, 6.07) is 5.44. The van der Waals surface area contributed by atoms with Gasteiger partial charge in [0.05, 0.1) is 34.8 Å². The molecule has 1 fully saturated rings. The number of hydrogen-bond acceptors (Lipinski definition) is 5. The minimum Gasteiger partial charge on any atom is -0.444 e. The van der Waals surface area contributed by atoms with Gasteiger partial charge < -0.3 is 9.64 Å². The van der Waals surface area contributed by atoms with Gasteiger partial charge in [0.1, 0.15) is 11.1 Å². The van der Waals surface area contributed by atoms with Crippen molar-refractivity contribution in [2.45, 2.75) is 59.1 Å². The lowest BCUT2D eigenvalue weighted by molar-refractivity contribution is 0.0185. The first-order valence-corrected chi connectivity index (χ1v) is 11.6. The number of nitrogens with zero attached hydrogens (tertiary/aromatic N) is 6. The molecule has 1 saturated heterocycles. The zero-order valence-electron chi connectivity index (χ0n) is 20.2. The standard InChI is InChI=1S/C25H29FN6O2/c1-15-13-32-22(16(2)27-15)12-21(28-32)17-10-18-14-31(29-23(18)20(26)11-17)19-6-8-30(9-7-19)24(33)34-25(3,4)5/h10-14,19H,6-9H2,1-5H3. The van der Waals surface area contributed by atoms with Crippen LogP contribution in [-0.2, 0) is 4.74 Å². The van der Waals surface area contributed by atoms with Crippen LogP contribution in [0.15, 0.2) is 30.6 Å². The molecule has 1 amide bonds. The van der Waals surface area contributed by atoms with Crippen molar-refractivity contribution in [3.05, 3.63) is 47.8 Å². The third-order valence-electron chi connectivity index (χ3n) is 6.13. The fourth-order valence-electron chi connectivity index (χ4n) is 4.52. The molecule has 1 aliphatic heterocycles. The number of carbonyl (C=O) groups excluding carboxylic acids is 1. The Hall–Kier alpha value is -3.49. The van der Waals surface area contributed by atoms with Gasteiger partial charge in [-0.05, 0) is 65.7 Å². The molecule has 1 aromatic carbocycles. The van der Waals surface area contributed by atoms with Gasteiger partial charge in [-0.1, -0.05) is 0 Å². The van der Waals surface area contributed by atoms with Gasteiger partial charge in [-0.3, -0.25) is 9.67 Å². The minimum atomic E-state index is -0.516. The third kappa shape index (κ3) is 4.22. The Morgan fingerprint density at radius 1 is 1.09 bits per heavy atom. The molecule has 34 heavy (non-hydrogen) atoms. The number of likely N-dealkylation sites (tertiary alicyclic amines) is 1. The Labute approximate surface area is 197 Å². The first-order chi connectivity index (χ1) is 16.1. The Morgan fingerprint density at radius 2 is 1.82 bits per heavy atom. The molecule has 4 heterocycles. The first-order valence-electron chi connectivity index (χ1n) is 11.6. The third-order valence-corrected chi connectivity index (χ3v) is 6.13. The van der Waals surface area contributed by atoms with Crippen LogP contribution in [0.25, 0.3) is 27.7 Å². The molecule has 9 heteroatoms. The Bertz CT molecular complexity index is 1390. The van der Waals surface area contributed by atoms with Crippen LogP contribution in [0, 0.1) is 19.7 Å². The fourth-order valence-corrected chi connectivity index (χ4v) is 4.52. The van der Waals surface area contributed by atoms with Crippen LogP contribution >= 0.6 is 0 Å². The zero-order chi connectivity index (χ0) is 24.2. The van der Waals surface area contributed by atoms with E-state index in [1.807, 2.05) is 63.8 Å². The smallest absolute Gasteiger partial charge is 0.410 e. The van der Waals surface area contributed by atoms with Gasteiger partial charge in [0, 0.05) is 30.2 Å². The number of piperidine rings is 1. The maximum Gasteiger partial charge on any atom is 0.410 e. The molecule has 4 aromatic rings. The molecule has 1 aliphatic rings. The second kappa shape index (κ2) is 8.07. The number of aryl methyl sites for hydroxylation is 2. The summed E-state index contributed by atoms with van der Waals surface area (Å²) in [5.74, 6) is -0.375. The second-order valence-electron chi connectivity index (χ2n) is 10.0. The summed E-state index contributed by atoms with van der Waals surface area (Å²) in [5.41, 5.74) is 3.87. The van der Waals surface area contributed by atoms with Crippen molar-refractivity contribution in [2.75, 3.05) is 13.1 Å². The number of aromatic nitrogens is 5. The van der Waals surface area contributed by atoms with E-state index >= 15 is 4.39 Å². The van der Waals surface area contributed by atoms with Crippen LogP contribution in [0.3, 0.4) is 0 Å². The highest BCUT2D eigenvalue weighted by Gasteiger charge is 2.28. The van der Waals surface area contributed by atoms with Gasteiger partial charge in [0.25, 0.3) is 0 Å². The number of hydrogen-bond donors (Lipinski definition) is 0. The SMILES string of the molecule is Cc1cn2nc(-c3cc(F)c4nn(C5CCN(C(=O)OC(C)(C)C)CC5)cc4c3)cc2c(C)n1. The molecule has 5 rings (SSSR count). The van der Waals surface area contributed by atoms with E-state index in [1.54, 1.807) is 9.42 Å². The minimum absolute atomic E-state index is 0.0980. The molecule has 3 aromatic heterocycles. The van der Waals surface area contributed by atoms with Crippen LogP contribution in [0.1, 0.15) is 51.0 Å². The molecule has 0 saturated carbocycles. The average molecular weight is 465 g/mol. The first kappa shape index (κ1) is 22.3. The highest BCUT2D eigenvalue weighted by molar-refractivity contribution is 5.85. The van der Waals surface area contributed by atoms with E-state index in [0.29, 0.717) is 29.9 Å². The highest BCUT2D eigenvalue weighted by Crippen LogP contribution is 2.30. The molecular weight excluding hydrogens is 435 g/mol. The predicted octanol–water partition coefficient (Wildman–Crippen LogP) is 5.07. The summed E-state index contributed by atoms with van der Waals surface area (Å²) in [5, 5.41) is 9.90. The number of fused-ring (bicyclic) bond motifs is 2. The van der Waals surface area contributed by atoms with Gasteiger partial charge in [-0.25, -0.2) is 13.7 Å². The number of carbonyl (C=O) groups is 1. The van der Waals surface area contributed by atoms with Gasteiger partial charge in [0.2, 0.25) is 0 Å². The number of ether oxygens (including phenoxy) is 1. The largest absolute Gasteiger partial charge is 0.444 e. The normalized spacial score (nSPS) is 15.4. The van der Waals surface area contributed by atoms with E-state index in [0.717, 1.165) is 35.1 Å². The summed E-state index contributed by atoms with van der Waals surface area (Å²) >= 11 is 0. The monoisotopic (exact) mass is 464 g/mol. The van der Waals surface area contributed by atoms with Crippen LogP contribution in [-0.4, -0.2) is 54.1 Å². The van der Waals surface area contributed by atoms with Gasteiger partial charge in [0.15, 0.2) is 5.82 Å². The predicted molar refractivity (Wildman–Crippen MR) is 127 cm³/mol. The molecule has 0 bridgehead atoms. The van der Waals surface area contributed by atoms with E-state index in [-0.39, 0.29) is 18.0 Å². The molecule has 0 radical (unpaired) electrons. The van der Waals surface area contributed by atoms with Crippen molar-refractivity contribution < 1.29 is 13.9 Å². The Morgan fingerprint density at radius 3 is 2.53 bits per heavy atom. The van der Waals surface area contributed by atoms with Crippen molar-refractivity contribution in [3.63, 3.8) is 0 Å². The van der Waals surface area contributed by atoms with Gasteiger partial charge >= 0.3 is 6.09 Å². The number of halogens is 1. The number of benzene rings is 1. The maximum atomic E-state index is 15.0. The highest BCUT2D eigenvalue weighted by atomic mass is 19.1. The van der Waals surface area contributed by atoms with E-state index in [9.17, 15) is 4.79 Å². The molecule has 0 N–H and O–H groups in total. The van der Waals surface area contributed by atoms with E-state index in [1.165, 1.54) is 6.07 Å². The van der Waals surface area contributed by atoms with Gasteiger partial charge in [-0.2, -0.15) is 10.2 Å². The van der Waals surface area contributed by atoms with Crippen LogP contribution < -0.4 is 0 Å². The van der Waals surface area contributed by atoms with Crippen molar-refractivity contribution >= 4 is 22.5 Å². The van der Waals surface area contributed by atoms with Crippen molar-refractivity contribution in [1.29, 1.82) is 0 Å². The van der Waals surface area contributed by atoms with Crippen LogP contribution in [0.2, 0.25) is 0 Å².